The number of nitrogens with one attached hydrogen (secondary N) is 1. The lowest BCUT2D eigenvalue weighted by atomic mass is 10.1. The Morgan fingerprint density at radius 3 is 2.95 bits per heavy atom. The third kappa shape index (κ3) is 3.75. The molecule has 21 heavy (non-hydrogen) atoms. The van der Waals surface area contributed by atoms with Crippen LogP contribution in [0, 0.1) is 21.8 Å². The Morgan fingerprint density at radius 1 is 1.57 bits per heavy atom. The number of hydrogen-bond donors (Lipinski definition) is 1. The molecule has 0 saturated carbocycles. The third-order valence-electron chi connectivity index (χ3n) is 3.77. The maximum Gasteiger partial charge on any atom is 0.282 e. The Morgan fingerprint density at radius 2 is 2.33 bits per heavy atom. The summed E-state index contributed by atoms with van der Waals surface area (Å²) in [5, 5.41) is 13.5. The minimum Gasteiger partial charge on any atom is -0.351 e. The highest BCUT2D eigenvalue weighted by Gasteiger charge is 2.24. The van der Waals surface area contributed by atoms with Gasteiger partial charge in [0.15, 0.2) is 0 Å². The summed E-state index contributed by atoms with van der Waals surface area (Å²) in [4.78, 5) is 24.5. The van der Waals surface area contributed by atoms with Crippen molar-refractivity contribution in [1.82, 2.24) is 10.2 Å². The average Bonchev–Trinajstić information content (AvgIpc) is 2.92. The zero-order chi connectivity index (χ0) is 15.4. The number of benzene rings is 1. The van der Waals surface area contributed by atoms with Crippen LogP contribution in [-0.4, -0.2) is 41.9 Å². The maximum atomic E-state index is 13.2. The first kappa shape index (κ1) is 15.4. The maximum absolute atomic E-state index is 13.2. The van der Waals surface area contributed by atoms with Gasteiger partial charge in [-0.3, -0.25) is 14.9 Å². The summed E-state index contributed by atoms with van der Waals surface area (Å²) >= 11 is 0. The lowest BCUT2D eigenvalue weighted by molar-refractivity contribution is -0.385. The first-order chi connectivity index (χ1) is 10.0. The summed E-state index contributed by atoms with van der Waals surface area (Å²) < 4.78 is 13.2. The van der Waals surface area contributed by atoms with Crippen LogP contribution in [-0.2, 0) is 0 Å². The molecule has 1 amide bonds. The lowest BCUT2D eigenvalue weighted by Gasteiger charge is -2.13. The molecule has 1 aromatic rings. The SMILES string of the molecule is CCN1CCC(CNC(=O)c2cc(F)ccc2[N+](=O)[O-])C1. The molecule has 1 heterocycles. The van der Waals surface area contributed by atoms with Gasteiger partial charge < -0.3 is 10.2 Å². The van der Waals surface area contributed by atoms with Crippen LogP contribution in [0.2, 0.25) is 0 Å². The number of rotatable bonds is 5. The summed E-state index contributed by atoms with van der Waals surface area (Å²) in [6.45, 7) is 5.40. The molecule has 7 heteroatoms. The topological polar surface area (TPSA) is 75.5 Å². The molecule has 1 aromatic carbocycles. The van der Waals surface area contributed by atoms with Crippen LogP contribution in [0.3, 0.4) is 0 Å². The van der Waals surface area contributed by atoms with E-state index in [1.807, 2.05) is 0 Å². The van der Waals surface area contributed by atoms with E-state index >= 15 is 0 Å². The number of carbonyl (C=O) groups is 1. The summed E-state index contributed by atoms with van der Waals surface area (Å²) in [6, 6.07) is 2.89. The fourth-order valence-electron chi connectivity index (χ4n) is 2.55. The zero-order valence-electron chi connectivity index (χ0n) is 11.8. The molecule has 1 N–H and O–H groups in total. The first-order valence-electron chi connectivity index (χ1n) is 6.95. The fraction of sp³-hybridized carbons (Fsp3) is 0.500. The molecule has 1 aliphatic heterocycles. The van der Waals surface area contributed by atoms with Crippen LogP contribution in [0.5, 0.6) is 0 Å². The van der Waals surface area contributed by atoms with Crippen LogP contribution in [0.1, 0.15) is 23.7 Å². The van der Waals surface area contributed by atoms with Gasteiger partial charge in [0.05, 0.1) is 4.92 Å². The third-order valence-corrected chi connectivity index (χ3v) is 3.77. The van der Waals surface area contributed by atoms with Crippen LogP contribution in [0.4, 0.5) is 10.1 Å². The molecule has 6 nitrogen and oxygen atoms in total. The van der Waals surface area contributed by atoms with Crippen molar-refractivity contribution >= 4 is 11.6 Å². The molecule has 0 aromatic heterocycles. The molecule has 2 rings (SSSR count). The van der Waals surface area contributed by atoms with Crippen molar-refractivity contribution in [3.8, 4) is 0 Å². The number of nitro benzene ring substituents is 1. The van der Waals surface area contributed by atoms with Crippen LogP contribution in [0.25, 0.3) is 0 Å². The van der Waals surface area contributed by atoms with Crippen LogP contribution < -0.4 is 5.32 Å². The van der Waals surface area contributed by atoms with Crippen molar-refractivity contribution in [3.63, 3.8) is 0 Å². The van der Waals surface area contributed by atoms with E-state index in [9.17, 15) is 19.3 Å². The van der Waals surface area contributed by atoms with Gasteiger partial charge in [-0.2, -0.15) is 0 Å². The molecule has 1 atom stereocenters. The second-order valence-electron chi connectivity index (χ2n) is 5.18. The van der Waals surface area contributed by atoms with Gasteiger partial charge in [0, 0.05) is 19.2 Å². The Hall–Kier alpha value is -2.02. The Kier molecular flexibility index (Phi) is 4.85. The van der Waals surface area contributed by atoms with E-state index in [0.29, 0.717) is 12.5 Å². The average molecular weight is 295 g/mol. The Labute approximate surface area is 122 Å². The van der Waals surface area contributed by atoms with Crippen molar-refractivity contribution in [2.24, 2.45) is 5.92 Å². The van der Waals surface area contributed by atoms with E-state index in [4.69, 9.17) is 0 Å². The van der Waals surface area contributed by atoms with Gasteiger partial charge in [-0.25, -0.2) is 4.39 Å². The molecule has 114 valence electrons. The van der Waals surface area contributed by atoms with E-state index in [1.54, 1.807) is 0 Å². The van der Waals surface area contributed by atoms with Gasteiger partial charge in [-0.15, -0.1) is 0 Å². The highest BCUT2D eigenvalue weighted by molar-refractivity contribution is 5.98. The fourth-order valence-corrected chi connectivity index (χ4v) is 2.55. The quantitative estimate of drug-likeness (QED) is 0.664. The molecule has 1 saturated heterocycles. The first-order valence-corrected chi connectivity index (χ1v) is 6.95. The zero-order valence-corrected chi connectivity index (χ0v) is 11.8. The van der Waals surface area contributed by atoms with Gasteiger partial charge in [-0.1, -0.05) is 6.92 Å². The number of likely N-dealkylation sites (tertiary alicyclic amines) is 1. The minimum absolute atomic E-state index is 0.231. The van der Waals surface area contributed by atoms with E-state index in [1.165, 1.54) is 0 Å². The van der Waals surface area contributed by atoms with Crippen molar-refractivity contribution in [2.75, 3.05) is 26.2 Å². The molecule has 1 fully saturated rings. The normalized spacial score (nSPS) is 18.7. The van der Waals surface area contributed by atoms with Gasteiger partial charge >= 0.3 is 0 Å². The smallest absolute Gasteiger partial charge is 0.282 e. The van der Waals surface area contributed by atoms with Gasteiger partial charge in [0.25, 0.3) is 11.6 Å². The van der Waals surface area contributed by atoms with Crippen molar-refractivity contribution in [3.05, 3.63) is 39.7 Å². The number of hydrogen-bond acceptors (Lipinski definition) is 4. The van der Waals surface area contributed by atoms with Crippen molar-refractivity contribution < 1.29 is 14.1 Å². The van der Waals surface area contributed by atoms with Crippen LogP contribution in [0.15, 0.2) is 18.2 Å². The van der Waals surface area contributed by atoms with Gasteiger partial charge in [0.1, 0.15) is 11.4 Å². The van der Waals surface area contributed by atoms with Crippen molar-refractivity contribution in [1.29, 1.82) is 0 Å². The second-order valence-corrected chi connectivity index (χ2v) is 5.18. The van der Waals surface area contributed by atoms with E-state index < -0.39 is 16.6 Å². The Bertz CT molecular complexity index is 550. The number of amides is 1. The van der Waals surface area contributed by atoms with Gasteiger partial charge in [-0.05, 0) is 37.6 Å². The minimum atomic E-state index is -0.678. The summed E-state index contributed by atoms with van der Waals surface area (Å²) in [7, 11) is 0. The highest BCUT2D eigenvalue weighted by Crippen LogP contribution is 2.20. The molecule has 0 radical (unpaired) electrons. The number of nitrogens with zero attached hydrogens (tertiary/aromatic N) is 2. The molecule has 0 spiro atoms. The monoisotopic (exact) mass is 295 g/mol. The van der Waals surface area contributed by atoms with E-state index in [2.05, 4.69) is 17.1 Å². The number of nitro groups is 1. The van der Waals surface area contributed by atoms with Crippen molar-refractivity contribution in [2.45, 2.75) is 13.3 Å². The van der Waals surface area contributed by atoms with Gasteiger partial charge in [0.2, 0.25) is 0 Å². The number of carbonyl (C=O) groups excluding carboxylic acids is 1. The molecule has 0 aliphatic carbocycles. The Balaban J connectivity index is 2.00. The lowest BCUT2D eigenvalue weighted by Crippen LogP contribution is -2.31. The molecule has 1 aliphatic rings. The van der Waals surface area contributed by atoms with Crippen LogP contribution >= 0.6 is 0 Å². The molecule has 0 bridgehead atoms. The largest absolute Gasteiger partial charge is 0.351 e. The number of halogens is 1. The molecule has 1 unspecified atom stereocenters. The highest BCUT2D eigenvalue weighted by atomic mass is 19.1. The summed E-state index contributed by atoms with van der Waals surface area (Å²) in [6.07, 6.45) is 0.985. The predicted molar refractivity (Wildman–Crippen MR) is 75.6 cm³/mol. The summed E-state index contributed by atoms with van der Waals surface area (Å²) in [5.41, 5.74) is -0.610. The van der Waals surface area contributed by atoms with E-state index in [0.717, 1.165) is 44.3 Å². The standard InChI is InChI=1S/C14H18FN3O3/c1-2-17-6-5-10(9-17)8-16-14(19)12-7-11(15)3-4-13(12)18(20)21/h3-4,7,10H,2,5-6,8-9H2,1H3,(H,16,19). The van der Waals surface area contributed by atoms with E-state index in [-0.39, 0.29) is 11.3 Å². The summed E-state index contributed by atoms with van der Waals surface area (Å²) in [5.74, 6) is -0.929. The predicted octanol–water partition coefficient (Wildman–Crippen LogP) is 1.81. The molecular formula is C14H18FN3O3. The molecular weight excluding hydrogens is 277 g/mol. The second kappa shape index (κ2) is 6.62.